The molecule has 1 fully saturated rings. The van der Waals surface area contributed by atoms with E-state index in [1.165, 1.54) is 15.0 Å². The number of para-hydroxylation sites is 1. The van der Waals surface area contributed by atoms with E-state index in [4.69, 9.17) is 10.5 Å². The van der Waals surface area contributed by atoms with Gasteiger partial charge in [0.25, 0.3) is 5.91 Å². The maximum Gasteiger partial charge on any atom is 0.264 e. The molecule has 1 amide bonds. The van der Waals surface area contributed by atoms with Crippen LogP contribution in [-0.4, -0.2) is 37.0 Å². The Morgan fingerprint density at radius 3 is 3.08 bits per heavy atom. The van der Waals surface area contributed by atoms with Gasteiger partial charge in [-0.1, -0.05) is 18.2 Å². The molecule has 0 bridgehead atoms. The summed E-state index contributed by atoms with van der Waals surface area (Å²) in [6.45, 7) is 2.67. The Morgan fingerprint density at radius 1 is 1.35 bits per heavy atom. The van der Waals surface area contributed by atoms with Crippen molar-refractivity contribution in [1.82, 2.24) is 4.90 Å². The molecule has 0 saturated carbocycles. The largest absolute Gasteiger partial charge is 0.492 e. The van der Waals surface area contributed by atoms with Crippen LogP contribution in [0.5, 0.6) is 5.75 Å². The van der Waals surface area contributed by atoms with Crippen molar-refractivity contribution >= 4 is 38.0 Å². The molecule has 4 nitrogen and oxygen atoms in total. The Hall–Kier alpha value is -1.89. The van der Waals surface area contributed by atoms with E-state index >= 15 is 0 Å². The molecule has 2 aromatic heterocycles. The quantitative estimate of drug-likeness (QED) is 0.733. The van der Waals surface area contributed by atoms with Gasteiger partial charge in [0.15, 0.2) is 0 Å². The second-order valence-electron chi connectivity index (χ2n) is 7.15. The molecule has 2 aliphatic heterocycles. The second-order valence-corrected chi connectivity index (χ2v) is 9.38. The first-order chi connectivity index (χ1) is 12.7. The first-order valence-electron chi connectivity index (χ1n) is 8.90. The number of hydrogen-bond donors (Lipinski definition) is 1. The Balaban J connectivity index is 1.42. The van der Waals surface area contributed by atoms with Crippen molar-refractivity contribution in [3.63, 3.8) is 0 Å². The summed E-state index contributed by atoms with van der Waals surface area (Å²) in [7, 11) is 0. The highest BCUT2D eigenvalue weighted by Crippen LogP contribution is 2.48. The van der Waals surface area contributed by atoms with Crippen LogP contribution in [-0.2, 0) is 5.41 Å². The van der Waals surface area contributed by atoms with E-state index in [2.05, 4.69) is 23.6 Å². The molecule has 2 atom stereocenters. The fourth-order valence-electron chi connectivity index (χ4n) is 4.41. The van der Waals surface area contributed by atoms with Crippen molar-refractivity contribution < 1.29 is 9.53 Å². The van der Waals surface area contributed by atoms with E-state index in [0.717, 1.165) is 23.6 Å². The number of amides is 1. The number of fused-ring (bicyclic) bond motifs is 3. The minimum Gasteiger partial charge on any atom is -0.492 e. The highest BCUT2D eigenvalue weighted by molar-refractivity contribution is 7.38. The molecule has 5 rings (SSSR count). The predicted molar refractivity (Wildman–Crippen MR) is 106 cm³/mol. The molecule has 1 spiro atoms. The van der Waals surface area contributed by atoms with Crippen molar-refractivity contribution in [2.45, 2.75) is 11.8 Å². The van der Waals surface area contributed by atoms with E-state index in [1.807, 2.05) is 23.1 Å². The first kappa shape index (κ1) is 16.3. The maximum atomic E-state index is 13.0. The van der Waals surface area contributed by atoms with Gasteiger partial charge in [0.05, 0.1) is 15.5 Å². The number of nitrogens with two attached hydrogens (primary N) is 1. The van der Waals surface area contributed by atoms with Gasteiger partial charge in [0, 0.05) is 35.4 Å². The molecule has 134 valence electrons. The molecule has 0 aliphatic carbocycles. The summed E-state index contributed by atoms with van der Waals surface area (Å²) in [5.41, 5.74) is 7.38. The standard InChI is InChI=1S/C20H20N2O2S2/c21-10-14-11-22(18(23)17-9-13-5-8-25-19(13)26-17)7-6-20(14)12-24-16-4-2-1-3-15(16)20/h1-5,8-9,14H,6-7,10-12,21H2. The lowest BCUT2D eigenvalue weighted by Crippen LogP contribution is -2.54. The number of thiophene rings is 2. The van der Waals surface area contributed by atoms with Crippen LogP contribution in [0.2, 0.25) is 0 Å². The average molecular weight is 385 g/mol. The van der Waals surface area contributed by atoms with E-state index < -0.39 is 0 Å². The Morgan fingerprint density at radius 2 is 2.23 bits per heavy atom. The van der Waals surface area contributed by atoms with Crippen LogP contribution >= 0.6 is 22.7 Å². The number of carbonyl (C=O) groups excluding carboxylic acids is 1. The number of ether oxygens (including phenoxy) is 1. The van der Waals surface area contributed by atoms with Gasteiger partial charge in [0.2, 0.25) is 0 Å². The molecule has 2 N–H and O–H groups in total. The molecule has 3 aromatic rings. The van der Waals surface area contributed by atoms with E-state index in [0.29, 0.717) is 19.7 Å². The normalized spacial score (nSPS) is 24.8. The van der Waals surface area contributed by atoms with Crippen LogP contribution in [0.4, 0.5) is 0 Å². The summed E-state index contributed by atoms with van der Waals surface area (Å²) >= 11 is 3.29. The van der Waals surface area contributed by atoms with Crippen LogP contribution in [0.3, 0.4) is 0 Å². The number of rotatable bonds is 2. The zero-order valence-electron chi connectivity index (χ0n) is 14.3. The van der Waals surface area contributed by atoms with Crippen LogP contribution < -0.4 is 10.5 Å². The molecule has 26 heavy (non-hydrogen) atoms. The Labute approximate surface area is 160 Å². The van der Waals surface area contributed by atoms with Gasteiger partial charge in [-0.25, -0.2) is 0 Å². The predicted octanol–water partition coefficient (Wildman–Crippen LogP) is 3.71. The van der Waals surface area contributed by atoms with Gasteiger partial charge in [-0.2, -0.15) is 0 Å². The SMILES string of the molecule is NCC1CN(C(=O)c2cc3ccsc3s2)CCC12COc1ccccc12. The maximum absolute atomic E-state index is 13.0. The molecule has 6 heteroatoms. The number of nitrogens with zero attached hydrogens (tertiary/aromatic N) is 1. The monoisotopic (exact) mass is 384 g/mol. The van der Waals surface area contributed by atoms with E-state index in [1.54, 1.807) is 22.7 Å². The zero-order valence-corrected chi connectivity index (χ0v) is 15.9. The van der Waals surface area contributed by atoms with Crippen LogP contribution in [0.1, 0.15) is 21.7 Å². The highest BCUT2D eigenvalue weighted by Gasteiger charge is 2.49. The number of likely N-dealkylation sites (tertiary alicyclic amines) is 1. The molecule has 4 heterocycles. The molecular formula is C20H20N2O2S2. The van der Waals surface area contributed by atoms with Crippen molar-refractivity contribution in [1.29, 1.82) is 0 Å². The van der Waals surface area contributed by atoms with Gasteiger partial charge in [0.1, 0.15) is 5.75 Å². The summed E-state index contributed by atoms with van der Waals surface area (Å²) in [5, 5.41) is 3.24. The summed E-state index contributed by atoms with van der Waals surface area (Å²) < 4.78 is 7.20. The van der Waals surface area contributed by atoms with Crippen molar-refractivity contribution in [3.8, 4) is 5.75 Å². The minimum atomic E-state index is -0.0576. The summed E-state index contributed by atoms with van der Waals surface area (Å²) in [4.78, 5) is 15.9. The summed E-state index contributed by atoms with van der Waals surface area (Å²) in [6, 6.07) is 12.4. The fraction of sp³-hybridized carbons (Fsp3) is 0.350. The molecule has 0 radical (unpaired) electrons. The number of benzene rings is 1. The third-order valence-corrected chi connectivity index (χ3v) is 8.08. The first-order valence-corrected chi connectivity index (χ1v) is 10.6. The van der Waals surface area contributed by atoms with Gasteiger partial charge in [-0.15, -0.1) is 22.7 Å². The van der Waals surface area contributed by atoms with Crippen LogP contribution in [0, 0.1) is 5.92 Å². The molecule has 1 aromatic carbocycles. The van der Waals surface area contributed by atoms with E-state index in [-0.39, 0.29) is 17.2 Å². The van der Waals surface area contributed by atoms with Gasteiger partial charge in [-0.05, 0) is 36.5 Å². The molecular weight excluding hydrogens is 364 g/mol. The molecule has 2 unspecified atom stereocenters. The Kier molecular flexibility index (Phi) is 3.81. The van der Waals surface area contributed by atoms with Crippen LogP contribution in [0.25, 0.3) is 9.40 Å². The smallest absolute Gasteiger partial charge is 0.264 e. The third-order valence-electron chi connectivity index (χ3n) is 5.89. The minimum absolute atomic E-state index is 0.0576. The average Bonchev–Trinajstić information content (AvgIpc) is 3.36. The lowest BCUT2D eigenvalue weighted by atomic mass is 9.67. The number of carbonyl (C=O) groups is 1. The lowest BCUT2D eigenvalue weighted by molar-refractivity contribution is 0.0498. The van der Waals surface area contributed by atoms with Crippen molar-refractivity contribution in [3.05, 3.63) is 52.2 Å². The third kappa shape index (κ3) is 2.32. The number of hydrogen-bond acceptors (Lipinski definition) is 5. The Bertz CT molecular complexity index is 951. The van der Waals surface area contributed by atoms with E-state index in [9.17, 15) is 4.79 Å². The summed E-state index contributed by atoms with van der Waals surface area (Å²) in [5.74, 6) is 1.33. The highest BCUT2D eigenvalue weighted by atomic mass is 32.2. The number of piperidine rings is 1. The van der Waals surface area contributed by atoms with Gasteiger partial charge in [-0.3, -0.25) is 4.79 Å². The fourth-order valence-corrected chi connectivity index (χ4v) is 6.49. The van der Waals surface area contributed by atoms with Gasteiger partial charge >= 0.3 is 0 Å². The topological polar surface area (TPSA) is 55.6 Å². The van der Waals surface area contributed by atoms with Crippen molar-refractivity contribution in [2.24, 2.45) is 11.7 Å². The molecule has 2 aliphatic rings. The zero-order chi connectivity index (χ0) is 17.7. The lowest BCUT2D eigenvalue weighted by Gasteiger charge is -2.44. The molecule has 1 saturated heterocycles. The van der Waals surface area contributed by atoms with Crippen LogP contribution in [0.15, 0.2) is 41.8 Å². The van der Waals surface area contributed by atoms with Crippen molar-refractivity contribution in [2.75, 3.05) is 26.2 Å². The van der Waals surface area contributed by atoms with Gasteiger partial charge < -0.3 is 15.4 Å². The summed E-state index contributed by atoms with van der Waals surface area (Å²) in [6.07, 6.45) is 0.900. The second kappa shape index (κ2) is 6.08.